The van der Waals surface area contributed by atoms with Crippen molar-refractivity contribution >= 4 is 33.1 Å². The minimum atomic E-state index is -3.97. The van der Waals surface area contributed by atoms with Gasteiger partial charge >= 0.3 is 10.8 Å². The van der Waals surface area contributed by atoms with Crippen LogP contribution in [0.5, 0.6) is 0 Å². The molecule has 0 aliphatic heterocycles. The largest absolute Gasteiger partial charge is 0.477 e. The highest BCUT2D eigenvalue weighted by molar-refractivity contribution is 7.94. The molecule has 0 aromatic carbocycles. The molecule has 102 valence electrons. The van der Waals surface area contributed by atoms with Crippen molar-refractivity contribution in [3.63, 3.8) is 0 Å². The Labute approximate surface area is 110 Å². The second kappa shape index (κ2) is 4.51. The van der Waals surface area contributed by atoms with E-state index in [4.69, 9.17) is 5.11 Å². The van der Waals surface area contributed by atoms with E-state index in [0.29, 0.717) is 11.3 Å². The number of H-pyrrole nitrogens is 2. The van der Waals surface area contributed by atoms with E-state index in [1.807, 2.05) is 0 Å². The Hall–Kier alpha value is -2.14. The second-order valence-corrected chi connectivity index (χ2v) is 6.37. The van der Waals surface area contributed by atoms with Crippen molar-refractivity contribution in [2.75, 3.05) is 4.72 Å². The molecule has 2 rings (SSSR count). The van der Waals surface area contributed by atoms with Gasteiger partial charge in [-0.05, 0) is 6.92 Å². The van der Waals surface area contributed by atoms with Crippen LogP contribution < -0.4 is 9.60 Å². The summed E-state index contributed by atoms with van der Waals surface area (Å²) in [4.78, 5) is 23.5. The number of sulfonamides is 1. The number of nitrogens with zero attached hydrogens (tertiary/aromatic N) is 1. The summed E-state index contributed by atoms with van der Waals surface area (Å²) in [6.07, 6.45) is 0. The number of carboxylic acid groups (broad SMARTS) is 1. The highest BCUT2D eigenvalue weighted by Crippen LogP contribution is 2.19. The van der Waals surface area contributed by atoms with Gasteiger partial charge in [0.15, 0.2) is 10.0 Å². The van der Waals surface area contributed by atoms with Crippen LogP contribution in [0.4, 0.5) is 5.82 Å². The number of hydrogen-bond acceptors (Lipinski definition) is 6. The second-order valence-electron chi connectivity index (χ2n) is 3.50. The third kappa shape index (κ3) is 2.66. The SMILES string of the molecule is Cc1[nH]c(=O)sc1S(=O)(=O)Nc1cc(C(=O)O)[nH]n1. The van der Waals surface area contributed by atoms with Crippen molar-refractivity contribution in [1.29, 1.82) is 0 Å². The molecule has 9 nitrogen and oxygen atoms in total. The summed E-state index contributed by atoms with van der Waals surface area (Å²) < 4.78 is 25.8. The number of carboxylic acids is 1. The predicted molar refractivity (Wildman–Crippen MR) is 66.0 cm³/mol. The van der Waals surface area contributed by atoms with Gasteiger partial charge in [-0.3, -0.25) is 14.6 Å². The van der Waals surface area contributed by atoms with Crippen LogP contribution in [0.1, 0.15) is 16.2 Å². The van der Waals surface area contributed by atoms with Gasteiger partial charge in [-0.25, -0.2) is 13.2 Å². The Morgan fingerprint density at radius 1 is 1.53 bits per heavy atom. The Bertz CT molecular complexity index is 784. The lowest BCUT2D eigenvalue weighted by Gasteiger charge is -2.02. The van der Waals surface area contributed by atoms with Gasteiger partial charge in [-0.15, -0.1) is 0 Å². The molecule has 0 spiro atoms. The number of aromatic carboxylic acids is 1. The van der Waals surface area contributed by atoms with E-state index in [9.17, 15) is 18.0 Å². The Morgan fingerprint density at radius 3 is 2.68 bits per heavy atom. The number of aromatic amines is 2. The molecule has 19 heavy (non-hydrogen) atoms. The molecule has 0 saturated carbocycles. The number of hydrogen-bond donors (Lipinski definition) is 4. The zero-order chi connectivity index (χ0) is 14.2. The van der Waals surface area contributed by atoms with E-state index in [1.165, 1.54) is 6.92 Å². The number of aromatic nitrogens is 3. The molecule has 0 radical (unpaired) electrons. The number of anilines is 1. The number of rotatable bonds is 4. The van der Waals surface area contributed by atoms with Crippen molar-refractivity contribution in [3.05, 3.63) is 27.1 Å². The molecule has 0 aliphatic rings. The number of carbonyl (C=O) groups is 1. The van der Waals surface area contributed by atoms with Crippen molar-refractivity contribution < 1.29 is 18.3 Å². The average Bonchev–Trinajstić information content (AvgIpc) is 2.85. The van der Waals surface area contributed by atoms with Crippen molar-refractivity contribution in [2.24, 2.45) is 0 Å². The number of nitrogens with one attached hydrogen (secondary N) is 3. The molecule has 0 unspecified atom stereocenters. The maximum atomic E-state index is 12.0. The summed E-state index contributed by atoms with van der Waals surface area (Å²) in [5, 5.41) is 14.3. The quantitative estimate of drug-likeness (QED) is 0.624. The van der Waals surface area contributed by atoms with Crippen LogP contribution >= 0.6 is 11.3 Å². The van der Waals surface area contributed by atoms with Crippen LogP contribution in [0, 0.1) is 6.92 Å². The van der Waals surface area contributed by atoms with E-state index in [0.717, 1.165) is 6.07 Å². The topological polar surface area (TPSA) is 145 Å². The molecule has 0 saturated heterocycles. The smallest absolute Gasteiger partial charge is 0.353 e. The van der Waals surface area contributed by atoms with Crippen LogP contribution in [0.2, 0.25) is 0 Å². The molecule has 4 N–H and O–H groups in total. The minimum Gasteiger partial charge on any atom is -0.477 e. The van der Waals surface area contributed by atoms with Gasteiger partial charge in [0.1, 0.15) is 5.69 Å². The third-order valence-corrected chi connectivity index (χ3v) is 5.03. The highest BCUT2D eigenvalue weighted by Gasteiger charge is 2.22. The fourth-order valence-electron chi connectivity index (χ4n) is 1.31. The average molecular weight is 304 g/mol. The van der Waals surface area contributed by atoms with Gasteiger partial charge in [0, 0.05) is 11.8 Å². The molecular formula is C8H8N4O5S2. The molecule has 0 aliphatic carbocycles. The van der Waals surface area contributed by atoms with Crippen molar-refractivity contribution in [1.82, 2.24) is 15.2 Å². The summed E-state index contributed by atoms with van der Waals surface area (Å²) in [7, 11) is -3.97. The first-order chi connectivity index (χ1) is 8.79. The van der Waals surface area contributed by atoms with Crippen LogP contribution in [-0.2, 0) is 10.0 Å². The van der Waals surface area contributed by atoms with E-state index < -0.39 is 20.9 Å². The standard InChI is InChI=1S/C8H8N4O5S2/c1-3-7(18-8(15)9-3)19(16,17)12-5-2-4(6(13)14)10-11-5/h2H,1H3,(H,9,15)(H,13,14)(H2,10,11,12). The molecular weight excluding hydrogens is 296 g/mol. The molecule has 2 aromatic heterocycles. The van der Waals surface area contributed by atoms with Gasteiger partial charge in [-0.2, -0.15) is 5.10 Å². The van der Waals surface area contributed by atoms with Crippen molar-refractivity contribution in [2.45, 2.75) is 11.1 Å². The Balaban J connectivity index is 2.33. The summed E-state index contributed by atoms with van der Waals surface area (Å²) in [6.45, 7) is 1.44. The molecule has 0 fully saturated rings. The Morgan fingerprint density at radius 2 is 2.21 bits per heavy atom. The van der Waals surface area contributed by atoms with E-state index in [2.05, 4.69) is 19.9 Å². The zero-order valence-electron chi connectivity index (χ0n) is 9.42. The molecule has 0 amide bonds. The normalized spacial score (nSPS) is 11.4. The van der Waals surface area contributed by atoms with Gasteiger partial charge in [0.25, 0.3) is 10.0 Å². The zero-order valence-corrected chi connectivity index (χ0v) is 11.1. The summed E-state index contributed by atoms with van der Waals surface area (Å²) in [5.74, 6) is -1.43. The van der Waals surface area contributed by atoms with Gasteiger partial charge in [0.05, 0.1) is 0 Å². The van der Waals surface area contributed by atoms with Crippen LogP contribution in [0.25, 0.3) is 0 Å². The maximum absolute atomic E-state index is 12.0. The van der Waals surface area contributed by atoms with E-state index in [1.54, 1.807) is 0 Å². The fraction of sp³-hybridized carbons (Fsp3) is 0.125. The molecule has 0 bridgehead atoms. The van der Waals surface area contributed by atoms with Crippen molar-refractivity contribution in [3.8, 4) is 0 Å². The molecule has 0 atom stereocenters. The lowest BCUT2D eigenvalue weighted by atomic mass is 10.4. The van der Waals surface area contributed by atoms with Gasteiger partial charge < -0.3 is 10.1 Å². The van der Waals surface area contributed by atoms with E-state index in [-0.39, 0.29) is 21.4 Å². The maximum Gasteiger partial charge on any atom is 0.353 e. The highest BCUT2D eigenvalue weighted by atomic mass is 32.2. The fourth-order valence-corrected chi connectivity index (χ4v) is 3.61. The first kappa shape index (κ1) is 13.3. The lowest BCUT2D eigenvalue weighted by Crippen LogP contribution is -2.13. The van der Waals surface area contributed by atoms with Gasteiger partial charge in [-0.1, -0.05) is 11.3 Å². The monoisotopic (exact) mass is 304 g/mol. The molecule has 2 aromatic rings. The molecule has 11 heteroatoms. The summed E-state index contributed by atoms with van der Waals surface area (Å²) in [5.41, 5.74) is -0.0480. The summed E-state index contributed by atoms with van der Waals surface area (Å²) in [6, 6.07) is 1.03. The molecule has 2 heterocycles. The first-order valence-corrected chi connectivity index (χ1v) is 7.11. The third-order valence-electron chi connectivity index (χ3n) is 2.07. The van der Waals surface area contributed by atoms with E-state index >= 15 is 0 Å². The van der Waals surface area contributed by atoms with Crippen LogP contribution in [0.3, 0.4) is 0 Å². The summed E-state index contributed by atoms with van der Waals surface area (Å²) >= 11 is 0.538. The predicted octanol–water partition coefficient (Wildman–Crippen LogP) is -0.0331. The number of aryl methyl sites for hydroxylation is 1. The van der Waals surface area contributed by atoms with Crippen LogP contribution in [-0.4, -0.2) is 34.7 Å². The lowest BCUT2D eigenvalue weighted by molar-refractivity contribution is 0.0690. The first-order valence-electron chi connectivity index (χ1n) is 4.81. The Kier molecular flexibility index (Phi) is 3.16. The van der Waals surface area contributed by atoms with Crippen LogP contribution in [0.15, 0.2) is 15.1 Å². The van der Waals surface area contributed by atoms with Gasteiger partial charge in [0.2, 0.25) is 0 Å². The minimum absolute atomic E-state index is 0.169. The number of thiazole rings is 1.